The molecule has 4 aliphatic rings. The predicted octanol–water partition coefficient (Wildman–Crippen LogP) is 4.83. The van der Waals surface area contributed by atoms with E-state index in [4.69, 9.17) is 16.3 Å². The first-order valence-electron chi connectivity index (χ1n) is 10.8. The van der Waals surface area contributed by atoms with Crippen molar-refractivity contribution in [1.29, 1.82) is 0 Å². The number of hydrogen-bond donors (Lipinski definition) is 0. The molecule has 4 rings (SSSR count). The van der Waals surface area contributed by atoms with E-state index < -0.39 is 34.9 Å². The molecule has 0 aromatic carbocycles. The molecular formula is C25H28ClFO4. The van der Waals surface area contributed by atoms with Gasteiger partial charge in [-0.25, -0.2) is 4.39 Å². The molecule has 2 saturated carbocycles. The number of ether oxygens (including phenoxy) is 1. The van der Waals surface area contributed by atoms with Gasteiger partial charge in [-0.3, -0.25) is 14.4 Å². The molecule has 166 valence electrons. The van der Waals surface area contributed by atoms with Gasteiger partial charge in [0.1, 0.15) is 0 Å². The summed E-state index contributed by atoms with van der Waals surface area (Å²) in [7, 11) is 0. The zero-order chi connectivity index (χ0) is 22.8. The second-order valence-corrected chi connectivity index (χ2v) is 10.2. The minimum absolute atomic E-state index is 0.0377. The topological polar surface area (TPSA) is 60.4 Å². The second-order valence-electron chi connectivity index (χ2n) is 9.61. The number of ketones is 2. The molecule has 6 heteroatoms. The lowest BCUT2D eigenvalue weighted by Gasteiger charge is -2.55. The summed E-state index contributed by atoms with van der Waals surface area (Å²) < 4.78 is 19.6. The first kappa shape index (κ1) is 22.2. The first-order chi connectivity index (χ1) is 14.5. The maximum Gasteiger partial charge on any atom is 0.306 e. The molecule has 31 heavy (non-hydrogen) atoms. The highest BCUT2D eigenvalue weighted by molar-refractivity contribution is 6.21. The van der Waals surface area contributed by atoms with Crippen molar-refractivity contribution in [2.24, 2.45) is 22.7 Å². The molecule has 4 aliphatic carbocycles. The van der Waals surface area contributed by atoms with E-state index in [1.165, 1.54) is 0 Å². The van der Waals surface area contributed by atoms with Crippen molar-refractivity contribution in [3.05, 3.63) is 47.6 Å². The van der Waals surface area contributed by atoms with Crippen molar-refractivity contribution in [3.63, 3.8) is 0 Å². The number of hydrogen-bond acceptors (Lipinski definition) is 4. The van der Waals surface area contributed by atoms with Crippen LogP contribution in [0.3, 0.4) is 0 Å². The quantitative estimate of drug-likeness (QED) is 0.352. The van der Waals surface area contributed by atoms with Crippen LogP contribution in [0, 0.1) is 22.7 Å². The van der Waals surface area contributed by atoms with Crippen LogP contribution in [0.1, 0.15) is 46.5 Å². The van der Waals surface area contributed by atoms with Crippen molar-refractivity contribution in [3.8, 4) is 0 Å². The predicted molar refractivity (Wildman–Crippen MR) is 116 cm³/mol. The van der Waals surface area contributed by atoms with Gasteiger partial charge < -0.3 is 4.74 Å². The van der Waals surface area contributed by atoms with Crippen molar-refractivity contribution >= 4 is 29.1 Å². The van der Waals surface area contributed by atoms with Gasteiger partial charge in [-0.05, 0) is 49.8 Å². The van der Waals surface area contributed by atoms with Crippen molar-refractivity contribution in [2.75, 3.05) is 6.67 Å². The normalized spacial score (nSPS) is 41.0. The summed E-state index contributed by atoms with van der Waals surface area (Å²) in [5.41, 5.74) is -0.384. The fourth-order valence-corrected chi connectivity index (χ4v) is 6.99. The molecule has 0 aromatic heterocycles. The van der Waals surface area contributed by atoms with E-state index >= 15 is 0 Å². The van der Waals surface area contributed by atoms with E-state index in [9.17, 15) is 18.8 Å². The van der Waals surface area contributed by atoms with Gasteiger partial charge in [0.15, 0.2) is 18.1 Å². The van der Waals surface area contributed by atoms with Gasteiger partial charge in [-0.2, -0.15) is 0 Å². The third-order valence-corrected chi connectivity index (χ3v) is 8.59. The molecule has 0 aliphatic heterocycles. The van der Waals surface area contributed by atoms with Crippen molar-refractivity contribution in [2.45, 2.75) is 57.4 Å². The standard InChI is InChI=1S/C25H28ClFO4/c1-5-21(30)31-25(20(29)13-27)14(2)10-18-22-17(7-9-24(18,25)4)23(3)8-6-16(28)11-15(23)12-19(22)26/h6-8,11,18-19,22H,2,5,9-10,12-13H2,1,3-4H3/t18-,19+,22+,23-,24-,25+/m0/s1. The van der Waals surface area contributed by atoms with E-state index in [1.54, 1.807) is 19.1 Å². The zero-order valence-electron chi connectivity index (χ0n) is 18.2. The number of Topliss-reactive ketones (excluding diaryl/α,β-unsaturated/α-hetero) is 1. The minimum Gasteiger partial charge on any atom is -0.446 e. The molecule has 0 heterocycles. The minimum atomic E-state index is -1.69. The van der Waals surface area contributed by atoms with E-state index in [1.807, 2.05) is 13.0 Å². The Kier molecular flexibility index (Phi) is 5.20. The molecule has 0 aromatic rings. The van der Waals surface area contributed by atoms with Crippen LogP contribution >= 0.6 is 11.6 Å². The Morgan fingerprint density at radius 1 is 1.32 bits per heavy atom. The molecule has 0 spiro atoms. The second kappa shape index (κ2) is 7.26. The highest BCUT2D eigenvalue weighted by Gasteiger charge is 2.69. The Bertz CT molecular complexity index is 978. The Hall–Kier alpha value is -2.01. The maximum absolute atomic E-state index is 13.8. The molecule has 0 saturated heterocycles. The van der Waals surface area contributed by atoms with Gasteiger partial charge in [-0.15, -0.1) is 11.6 Å². The summed E-state index contributed by atoms with van der Waals surface area (Å²) in [6.45, 7) is 8.52. The molecule has 0 amide bonds. The highest BCUT2D eigenvalue weighted by Crippen LogP contribution is 2.67. The number of carbonyl (C=O) groups excluding carboxylic acids is 3. The molecule has 0 unspecified atom stereocenters. The smallest absolute Gasteiger partial charge is 0.306 e. The lowest BCUT2D eigenvalue weighted by Crippen LogP contribution is -2.58. The third kappa shape index (κ3) is 2.81. The van der Waals surface area contributed by atoms with Crippen LogP contribution in [0.2, 0.25) is 0 Å². The molecule has 4 nitrogen and oxygen atoms in total. The van der Waals surface area contributed by atoms with Gasteiger partial charge in [-0.1, -0.05) is 43.7 Å². The summed E-state index contributed by atoms with van der Waals surface area (Å²) in [6.07, 6.45) is 8.78. The molecule has 0 radical (unpaired) electrons. The van der Waals surface area contributed by atoms with Crippen LogP contribution in [0.4, 0.5) is 4.39 Å². The Balaban J connectivity index is 1.86. The third-order valence-electron chi connectivity index (χ3n) is 8.16. The van der Waals surface area contributed by atoms with Gasteiger partial charge in [0, 0.05) is 28.5 Å². The molecule has 0 bridgehead atoms. The number of esters is 1. The van der Waals surface area contributed by atoms with E-state index in [0.29, 0.717) is 24.8 Å². The molecule has 2 fully saturated rings. The van der Waals surface area contributed by atoms with Crippen LogP contribution in [0.15, 0.2) is 47.6 Å². The monoisotopic (exact) mass is 446 g/mol. The number of carbonyl (C=O) groups is 3. The average molecular weight is 447 g/mol. The first-order valence-corrected chi connectivity index (χ1v) is 11.3. The maximum atomic E-state index is 13.8. The lowest BCUT2D eigenvalue weighted by atomic mass is 9.51. The van der Waals surface area contributed by atoms with Gasteiger partial charge in [0.05, 0.1) is 0 Å². The van der Waals surface area contributed by atoms with Crippen molar-refractivity contribution < 1.29 is 23.5 Å². The van der Waals surface area contributed by atoms with Crippen molar-refractivity contribution in [1.82, 2.24) is 0 Å². The van der Waals surface area contributed by atoms with Gasteiger partial charge in [0.25, 0.3) is 0 Å². The fourth-order valence-electron chi connectivity index (χ4n) is 6.51. The van der Waals surface area contributed by atoms with E-state index in [2.05, 4.69) is 19.6 Å². The number of fused-ring (bicyclic) bond motifs is 5. The molecule has 6 atom stereocenters. The molecular weight excluding hydrogens is 419 g/mol. The molecule has 0 N–H and O–H groups in total. The Morgan fingerprint density at radius 3 is 2.68 bits per heavy atom. The fraction of sp³-hybridized carbons (Fsp3) is 0.560. The van der Waals surface area contributed by atoms with Crippen LogP contribution in [-0.2, 0) is 19.1 Å². The zero-order valence-corrected chi connectivity index (χ0v) is 18.9. The SMILES string of the molecule is C=C1C[C@H]2[C@H]3C(=CC[C@]2(C)[C@]1(OC(=O)CC)C(=O)CF)[C@@]1(C)C=CC(=O)C=C1C[C@H]3Cl. The van der Waals surface area contributed by atoms with Crippen LogP contribution < -0.4 is 0 Å². The summed E-state index contributed by atoms with van der Waals surface area (Å²) in [6, 6.07) is 0. The average Bonchev–Trinajstić information content (AvgIpc) is 2.96. The summed E-state index contributed by atoms with van der Waals surface area (Å²) in [5.74, 6) is -1.57. The number of halogens is 2. The number of rotatable bonds is 4. The lowest BCUT2D eigenvalue weighted by molar-refractivity contribution is -0.178. The largest absolute Gasteiger partial charge is 0.446 e. The van der Waals surface area contributed by atoms with E-state index in [-0.39, 0.29) is 29.4 Å². The summed E-state index contributed by atoms with van der Waals surface area (Å²) >= 11 is 6.92. The summed E-state index contributed by atoms with van der Waals surface area (Å²) in [4.78, 5) is 37.3. The Labute approximate surface area is 187 Å². The summed E-state index contributed by atoms with van der Waals surface area (Å²) in [5, 5.41) is -0.291. The number of allylic oxidation sites excluding steroid dienone is 6. The van der Waals surface area contributed by atoms with Crippen LogP contribution in [-0.4, -0.2) is 35.2 Å². The van der Waals surface area contributed by atoms with E-state index in [0.717, 1.165) is 11.1 Å². The van der Waals surface area contributed by atoms with Gasteiger partial charge >= 0.3 is 5.97 Å². The highest BCUT2D eigenvalue weighted by atomic mass is 35.5. The Morgan fingerprint density at radius 2 is 2.03 bits per heavy atom. The van der Waals surface area contributed by atoms with Crippen LogP contribution in [0.25, 0.3) is 0 Å². The number of alkyl halides is 2. The van der Waals surface area contributed by atoms with Gasteiger partial charge in [0.2, 0.25) is 5.78 Å². The van der Waals surface area contributed by atoms with Crippen LogP contribution in [0.5, 0.6) is 0 Å².